The number of thioether (sulfide) groups is 1. The number of thiazole rings is 1. The normalized spacial score (nSPS) is 10.8. The summed E-state index contributed by atoms with van der Waals surface area (Å²) in [7, 11) is 1.69. The molecule has 1 heterocycles. The minimum absolute atomic E-state index is 0.0326. The summed E-state index contributed by atoms with van der Waals surface area (Å²) in [6.45, 7) is 0.730. The second-order valence-corrected chi connectivity index (χ2v) is 5.33. The lowest BCUT2D eigenvalue weighted by Gasteiger charge is -1.96. The predicted octanol–water partition coefficient (Wildman–Crippen LogP) is 2.42. The van der Waals surface area contributed by atoms with Gasteiger partial charge in [0, 0.05) is 19.5 Å². The van der Waals surface area contributed by atoms with Crippen LogP contribution in [0.25, 0.3) is 0 Å². The first-order valence-corrected chi connectivity index (χ1v) is 6.33. The smallest absolute Gasteiger partial charge is 0.152 e. The van der Waals surface area contributed by atoms with Crippen molar-refractivity contribution in [2.75, 3.05) is 19.5 Å². The van der Waals surface area contributed by atoms with E-state index >= 15 is 0 Å². The Hall–Kier alpha value is 0.190. The summed E-state index contributed by atoms with van der Waals surface area (Å²) in [6.07, 6.45) is 0.993. The Morgan fingerprint density at radius 2 is 2.43 bits per heavy atom. The summed E-state index contributed by atoms with van der Waals surface area (Å²) in [5.74, 6) is 0.961. The van der Waals surface area contributed by atoms with Gasteiger partial charge in [-0.15, -0.1) is 11.3 Å². The predicted molar refractivity (Wildman–Crippen MR) is 60.3 cm³/mol. The first kappa shape index (κ1) is 12.3. The fourth-order valence-corrected chi connectivity index (χ4v) is 3.12. The van der Waals surface area contributed by atoms with Gasteiger partial charge < -0.3 is 9.84 Å². The quantitative estimate of drug-likeness (QED) is 0.625. The molecule has 0 aromatic carbocycles. The van der Waals surface area contributed by atoms with Crippen LogP contribution in [0.15, 0.2) is 4.34 Å². The molecule has 0 aliphatic rings. The van der Waals surface area contributed by atoms with E-state index in [4.69, 9.17) is 21.4 Å². The second kappa shape index (κ2) is 6.63. The van der Waals surface area contributed by atoms with Crippen molar-refractivity contribution >= 4 is 34.7 Å². The number of rotatable bonds is 6. The van der Waals surface area contributed by atoms with Crippen molar-refractivity contribution < 1.29 is 9.84 Å². The van der Waals surface area contributed by atoms with Gasteiger partial charge in [-0.05, 0) is 6.42 Å². The fraction of sp³-hybridized carbons (Fsp3) is 0.625. The second-order valence-electron chi connectivity index (χ2n) is 2.55. The average molecular weight is 254 g/mol. The molecule has 0 radical (unpaired) electrons. The van der Waals surface area contributed by atoms with E-state index in [0.29, 0.717) is 5.15 Å². The third-order valence-electron chi connectivity index (χ3n) is 1.49. The van der Waals surface area contributed by atoms with Crippen LogP contribution in [0, 0.1) is 0 Å². The van der Waals surface area contributed by atoms with Crippen molar-refractivity contribution in [2.24, 2.45) is 0 Å². The molecule has 0 unspecified atom stereocenters. The van der Waals surface area contributed by atoms with Crippen LogP contribution >= 0.6 is 34.7 Å². The van der Waals surface area contributed by atoms with E-state index in [2.05, 4.69) is 4.98 Å². The third-order valence-corrected chi connectivity index (χ3v) is 4.19. The Balaban J connectivity index is 2.35. The molecular weight excluding hydrogens is 242 g/mol. The number of aromatic nitrogens is 1. The first-order valence-electron chi connectivity index (χ1n) is 4.15. The van der Waals surface area contributed by atoms with E-state index in [1.165, 1.54) is 11.3 Å². The van der Waals surface area contributed by atoms with Gasteiger partial charge in [0.05, 0.1) is 11.5 Å². The lowest BCUT2D eigenvalue weighted by molar-refractivity contribution is 0.200. The maximum atomic E-state index is 8.90. The Labute approximate surface area is 96.5 Å². The zero-order valence-corrected chi connectivity index (χ0v) is 10.2. The van der Waals surface area contributed by atoms with E-state index < -0.39 is 0 Å². The van der Waals surface area contributed by atoms with Crippen molar-refractivity contribution in [1.82, 2.24) is 4.98 Å². The summed E-state index contributed by atoms with van der Waals surface area (Å²) < 4.78 is 5.85. The number of nitrogens with zero attached hydrogens (tertiary/aromatic N) is 1. The standard InChI is InChI=1S/C8H12ClNO2S2/c1-12-3-2-4-13-8-10-7(9)6(5-11)14-8/h11H,2-5H2,1H3. The molecule has 1 aromatic rings. The Kier molecular flexibility index (Phi) is 5.81. The molecule has 14 heavy (non-hydrogen) atoms. The molecule has 0 amide bonds. The van der Waals surface area contributed by atoms with Gasteiger partial charge in [-0.3, -0.25) is 0 Å². The summed E-state index contributed by atoms with van der Waals surface area (Å²) in [4.78, 5) is 4.86. The van der Waals surface area contributed by atoms with E-state index in [9.17, 15) is 0 Å². The van der Waals surface area contributed by atoms with Crippen molar-refractivity contribution in [3.8, 4) is 0 Å². The van der Waals surface area contributed by atoms with E-state index in [1.54, 1.807) is 18.9 Å². The van der Waals surface area contributed by atoms with Crippen LogP contribution < -0.4 is 0 Å². The average Bonchev–Trinajstić information content (AvgIpc) is 2.54. The molecule has 80 valence electrons. The molecule has 0 spiro atoms. The fourth-order valence-electron chi connectivity index (χ4n) is 0.835. The van der Waals surface area contributed by atoms with Crippen LogP contribution in [0.4, 0.5) is 0 Å². The highest BCUT2D eigenvalue weighted by molar-refractivity contribution is 8.01. The molecule has 1 N–H and O–H groups in total. The summed E-state index contributed by atoms with van der Waals surface area (Å²) >= 11 is 8.88. The van der Waals surface area contributed by atoms with Gasteiger partial charge in [-0.2, -0.15) is 0 Å². The number of methoxy groups -OCH3 is 1. The number of hydrogen-bond acceptors (Lipinski definition) is 5. The minimum Gasteiger partial charge on any atom is -0.391 e. The molecular formula is C8H12ClNO2S2. The molecule has 0 atom stereocenters. The zero-order valence-electron chi connectivity index (χ0n) is 7.83. The van der Waals surface area contributed by atoms with Crippen LogP contribution in [-0.4, -0.2) is 29.6 Å². The van der Waals surface area contributed by atoms with Crippen LogP contribution in [0.2, 0.25) is 5.15 Å². The van der Waals surface area contributed by atoms with E-state index in [1.807, 2.05) is 0 Å². The van der Waals surface area contributed by atoms with E-state index in [-0.39, 0.29) is 6.61 Å². The molecule has 1 aromatic heterocycles. The SMILES string of the molecule is COCCCSc1nc(Cl)c(CO)s1. The highest BCUT2D eigenvalue weighted by atomic mass is 35.5. The molecule has 0 aliphatic carbocycles. The summed E-state index contributed by atoms with van der Waals surface area (Å²) in [5, 5.41) is 9.32. The van der Waals surface area contributed by atoms with Crippen molar-refractivity contribution in [3.63, 3.8) is 0 Å². The molecule has 1 rings (SSSR count). The van der Waals surface area contributed by atoms with Crippen LogP contribution in [0.3, 0.4) is 0 Å². The van der Waals surface area contributed by atoms with Crippen LogP contribution in [-0.2, 0) is 11.3 Å². The summed E-state index contributed by atoms with van der Waals surface area (Å²) in [5.41, 5.74) is 0. The van der Waals surface area contributed by atoms with Crippen molar-refractivity contribution in [1.29, 1.82) is 0 Å². The maximum Gasteiger partial charge on any atom is 0.152 e. The molecule has 0 aliphatic heterocycles. The summed E-state index contributed by atoms with van der Waals surface area (Å²) in [6, 6.07) is 0. The number of ether oxygens (including phenoxy) is 1. The molecule has 0 bridgehead atoms. The Bertz CT molecular complexity index is 280. The lowest BCUT2D eigenvalue weighted by Crippen LogP contribution is -1.89. The third kappa shape index (κ3) is 3.74. The highest BCUT2D eigenvalue weighted by Crippen LogP contribution is 2.30. The number of aliphatic hydroxyl groups excluding tert-OH is 1. The van der Waals surface area contributed by atoms with Crippen LogP contribution in [0.1, 0.15) is 11.3 Å². The molecule has 0 saturated heterocycles. The minimum atomic E-state index is -0.0326. The lowest BCUT2D eigenvalue weighted by atomic mass is 10.5. The molecule has 3 nitrogen and oxygen atoms in total. The van der Waals surface area contributed by atoms with Gasteiger partial charge in [0.15, 0.2) is 4.34 Å². The van der Waals surface area contributed by atoms with Gasteiger partial charge in [0.1, 0.15) is 5.15 Å². The maximum absolute atomic E-state index is 8.90. The van der Waals surface area contributed by atoms with Gasteiger partial charge in [-0.1, -0.05) is 23.4 Å². The molecule has 0 fully saturated rings. The largest absolute Gasteiger partial charge is 0.391 e. The zero-order chi connectivity index (χ0) is 10.4. The molecule has 6 heteroatoms. The van der Waals surface area contributed by atoms with Gasteiger partial charge in [0.2, 0.25) is 0 Å². The molecule has 0 saturated carbocycles. The Morgan fingerprint density at radius 3 is 3.00 bits per heavy atom. The van der Waals surface area contributed by atoms with E-state index in [0.717, 1.165) is 28.0 Å². The van der Waals surface area contributed by atoms with Gasteiger partial charge >= 0.3 is 0 Å². The number of halogens is 1. The van der Waals surface area contributed by atoms with Crippen LogP contribution in [0.5, 0.6) is 0 Å². The topological polar surface area (TPSA) is 42.4 Å². The Morgan fingerprint density at radius 1 is 1.64 bits per heavy atom. The number of hydrogen-bond donors (Lipinski definition) is 1. The highest BCUT2D eigenvalue weighted by Gasteiger charge is 2.07. The van der Waals surface area contributed by atoms with Gasteiger partial charge in [0.25, 0.3) is 0 Å². The van der Waals surface area contributed by atoms with Gasteiger partial charge in [-0.25, -0.2) is 4.98 Å². The number of aliphatic hydroxyl groups is 1. The monoisotopic (exact) mass is 253 g/mol. The van der Waals surface area contributed by atoms with Crippen molar-refractivity contribution in [3.05, 3.63) is 10.0 Å². The van der Waals surface area contributed by atoms with Crippen molar-refractivity contribution in [2.45, 2.75) is 17.4 Å². The first-order chi connectivity index (χ1) is 6.77.